The second-order valence-electron chi connectivity index (χ2n) is 5.65. The van der Waals surface area contributed by atoms with Crippen molar-refractivity contribution in [2.75, 3.05) is 0 Å². The van der Waals surface area contributed by atoms with Gasteiger partial charge in [-0.1, -0.05) is 0 Å². The Morgan fingerprint density at radius 3 is 2.67 bits per heavy atom. The van der Waals surface area contributed by atoms with Gasteiger partial charge in [-0.25, -0.2) is 9.59 Å². The van der Waals surface area contributed by atoms with Crippen LogP contribution in [-0.2, 0) is 11.2 Å². The van der Waals surface area contributed by atoms with Crippen LogP contribution in [0.25, 0.3) is 0 Å². The molecule has 2 aromatic rings. The van der Waals surface area contributed by atoms with Gasteiger partial charge < -0.3 is 9.84 Å². The van der Waals surface area contributed by atoms with Crippen LogP contribution in [0.1, 0.15) is 41.7 Å². The van der Waals surface area contributed by atoms with Crippen LogP contribution in [-0.4, -0.2) is 27.3 Å². The van der Waals surface area contributed by atoms with E-state index in [1.54, 1.807) is 23.7 Å². The van der Waals surface area contributed by atoms with Gasteiger partial charge in [0.05, 0.1) is 0 Å². The fraction of sp³-hybridized carbons (Fsp3) is 0.333. The number of aromatic nitrogens is 1. The van der Waals surface area contributed by atoms with Gasteiger partial charge >= 0.3 is 12.1 Å². The van der Waals surface area contributed by atoms with Crippen LogP contribution in [0.4, 0.5) is 4.79 Å². The topological polar surface area (TPSA) is 68.5 Å². The summed E-state index contributed by atoms with van der Waals surface area (Å²) in [5, 5.41) is 10.7. The minimum Gasteiger partial charge on any atom is -0.477 e. The molecule has 0 aromatic carbocycles. The zero-order valence-electron chi connectivity index (χ0n) is 12.1. The molecule has 0 amide bonds. The maximum atomic E-state index is 12.1. The highest BCUT2D eigenvalue weighted by Gasteiger charge is 2.19. The molecular weight excluding hydrogens is 290 g/mol. The largest absolute Gasteiger partial charge is 0.477 e. The number of aromatic carboxylic acids is 1. The summed E-state index contributed by atoms with van der Waals surface area (Å²) >= 11 is 1.18. The normalized spacial score (nSPS) is 11.4. The Morgan fingerprint density at radius 2 is 2.10 bits per heavy atom. The monoisotopic (exact) mass is 307 g/mol. The van der Waals surface area contributed by atoms with Crippen LogP contribution >= 0.6 is 11.3 Å². The predicted molar refractivity (Wildman–Crippen MR) is 80.1 cm³/mol. The summed E-state index contributed by atoms with van der Waals surface area (Å²) in [7, 11) is 0. The van der Waals surface area contributed by atoms with Gasteiger partial charge in [0.1, 0.15) is 10.5 Å². The molecule has 112 valence electrons. The third kappa shape index (κ3) is 3.95. The molecule has 0 spiro atoms. The van der Waals surface area contributed by atoms with Gasteiger partial charge in [-0.05, 0) is 49.9 Å². The molecular formula is C15H17NO4S. The summed E-state index contributed by atoms with van der Waals surface area (Å²) < 4.78 is 6.78. The average Bonchev–Trinajstić information content (AvgIpc) is 2.96. The predicted octanol–water partition coefficient (Wildman–Crippen LogP) is 3.62. The van der Waals surface area contributed by atoms with Crippen molar-refractivity contribution in [2.24, 2.45) is 0 Å². The summed E-state index contributed by atoms with van der Waals surface area (Å²) in [4.78, 5) is 23.3. The average molecular weight is 307 g/mol. The summed E-state index contributed by atoms with van der Waals surface area (Å²) in [6.07, 6.45) is 1.69. The summed E-state index contributed by atoms with van der Waals surface area (Å²) in [6.45, 7) is 5.43. The molecule has 5 nitrogen and oxygen atoms in total. The standard InChI is InChI=1S/C15H17NO4S/c1-15(2,3)20-14(19)16-6-4-5-11(16)7-10-8-12(13(17)18)21-9-10/h4-6,8-9H,7H2,1-3H3,(H,17,18). The molecule has 0 saturated heterocycles. The van der Waals surface area contributed by atoms with E-state index >= 15 is 0 Å². The molecule has 0 fully saturated rings. The summed E-state index contributed by atoms with van der Waals surface area (Å²) in [5.74, 6) is -0.936. The van der Waals surface area contributed by atoms with Crippen molar-refractivity contribution in [1.29, 1.82) is 0 Å². The first-order valence-corrected chi connectivity index (χ1v) is 7.34. The first-order valence-electron chi connectivity index (χ1n) is 6.46. The van der Waals surface area contributed by atoms with Gasteiger partial charge in [-0.15, -0.1) is 11.3 Å². The molecule has 0 unspecified atom stereocenters. The first kappa shape index (κ1) is 15.3. The van der Waals surface area contributed by atoms with E-state index in [0.29, 0.717) is 11.3 Å². The fourth-order valence-corrected chi connectivity index (χ4v) is 2.59. The van der Waals surface area contributed by atoms with Crippen LogP contribution in [0.15, 0.2) is 29.8 Å². The van der Waals surface area contributed by atoms with Crippen molar-refractivity contribution < 1.29 is 19.4 Å². The van der Waals surface area contributed by atoms with Gasteiger partial charge in [-0.2, -0.15) is 0 Å². The quantitative estimate of drug-likeness (QED) is 0.940. The Balaban J connectivity index is 2.16. The van der Waals surface area contributed by atoms with Crippen LogP contribution in [0.3, 0.4) is 0 Å². The second kappa shape index (κ2) is 5.73. The van der Waals surface area contributed by atoms with Crippen molar-refractivity contribution in [3.8, 4) is 0 Å². The molecule has 2 aromatic heterocycles. The van der Waals surface area contributed by atoms with Crippen LogP contribution < -0.4 is 0 Å². The van der Waals surface area contributed by atoms with E-state index in [0.717, 1.165) is 11.3 Å². The molecule has 0 aliphatic heterocycles. The van der Waals surface area contributed by atoms with E-state index in [1.807, 2.05) is 26.8 Å². The minimum atomic E-state index is -0.936. The van der Waals surface area contributed by atoms with E-state index in [-0.39, 0.29) is 0 Å². The third-order valence-electron chi connectivity index (χ3n) is 2.67. The van der Waals surface area contributed by atoms with E-state index in [2.05, 4.69) is 0 Å². The van der Waals surface area contributed by atoms with Crippen molar-refractivity contribution in [2.45, 2.75) is 32.8 Å². The van der Waals surface area contributed by atoms with E-state index < -0.39 is 17.7 Å². The molecule has 0 bridgehead atoms. The Kier molecular flexibility index (Phi) is 4.18. The molecule has 0 saturated carbocycles. The lowest BCUT2D eigenvalue weighted by Gasteiger charge is -2.20. The van der Waals surface area contributed by atoms with Crippen LogP contribution in [0.2, 0.25) is 0 Å². The van der Waals surface area contributed by atoms with E-state index in [9.17, 15) is 9.59 Å². The lowest BCUT2D eigenvalue weighted by molar-refractivity contribution is 0.0532. The molecule has 0 atom stereocenters. The van der Waals surface area contributed by atoms with Crippen LogP contribution in [0, 0.1) is 0 Å². The van der Waals surface area contributed by atoms with Gasteiger partial charge in [-0.3, -0.25) is 4.57 Å². The lowest BCUT2D eigenvalue weighted by Crippen LogP contribution is -2.27. The van der Waals surface area contributed by atoms with Crippen LogP contribution in [0.5, 0.6) is 0 Å². The van der Waals surface area contributed by atoms with Crippen molar-refractivity contribution in [1.82, 2.24) is 4.57 Å². The smallest absolute Gasteiger partial charge is 0.418 e. The molecule has 2 rings (SSSR count). The molecule has 1 N–H and O–H groups in total. The Bertz CT molecular complexity index is 663. The Morgan fingerprint density at radius 1 is 1.38 bits per heavy atom. The number of carboxylic acids is 1. The lowest BCUT2D eigenvalue weighted by atomic mass is 10.2. The van der Waals surface area contributed by atoms with Crippen molar-refractivity contribution >= 4 is 23.4 Å². The van der Waals surface area contributed by atoms with Gasteiger partial charge in [0.2, 0.25) is 0 Å². The van der Waals surface area contributed by atoms with Crippen molar-refractivity contribution in [3.05, 3.63) is 45.9 Å². The molecule has 0 radical (unpaired) electrons. The number of carbonyl (C=O) groups excluding carboxylic acids is 1. The van der Waals surface area contributed by atoms with Crippen molar-refractivity contribution in [3.63, 3.8) is 0 Å². The highest BCUT2D eigenvalue weighted by Crippen LogP contribution is 2.19. The number of carbonyl (C=O) groups is 2. The molecule has 2 heterocycles. The first-order chi connectivity index (χ1) is 9.76. The minimum absolute atomic E-state index is 0.292. The van der Waals surface area contributed by atoms with Gasteiger partial charge in [0.25, 0.3) is 0 Å². The van der Waals surface area contributed by atoms with E-state index in [1.165, 1.54) is 15.9 Å². The maximum absolute atomic E-state index is 12.1. The molecule has 0 aliphatic rings. The third-order valence-corrected chi connectivity index (χ3v) is 3.64. The van der Waals surface area contributed by atoms with E-state index in [4.69, 9.17) is 9.84 Å². The molecule has 21 heavy (non-hydrogen) atoms. The number of hydrogen-bond acceptors (Lipinski definition) is 4. The summed E-state index contributed by atoms with van der Waals surface area (Å²) in [5.41, 5.74) is 1.07. The zero-order valence-corrected chi connectivity index (χ0v) is 12.9. The number of hydrogen-bond donors (Lipinski definition) is 1. The van der Waals surface area contributed by atoms with Gasteiger partial charge in [0.15, 0.2) is 0 Å². The zero-order chi connectivity index (χ0) is 15.6. The number of ether oxygens (including phenoxy) is 1. The second-order valence-corrected chi connectivity index (χ2v) is 6.56. The Labute approximate surface area is 126 Å². The number of thiophene rings is 1. The summed E-state index contributed by atoms with van der Waals surface area (Å²) in [6, 6.07) is 5.21. The highest BCUT2D eigenvalue weighted by molar-refractivity contribution is 7.12. The van der Waals surface area contributed by atoms with Gasteiger partial charge in [0, 0.05) is 18.3 Å². The number of rotatable bonds is 3. The fourth-order valence-electron chi connectivity index (χ4n) is 1.84. The number of carboxylic acid groups (broad SMARTS) is 1. The Hall–Kier alpha value is -2.08. The maximum Gasteiger partial charge on any atom is 0.418 e. The highest BCUT2D eigenvalue weighted by atomic mass is 32.1. The molecule has 6 heteroatoms. The number of nitrogens with zero attached hydrogens (tertiary/aromatic N) is 1. The SMILES string of the molecule is CC(C)(C)OC(=O)n1cccc1Cc1csc(C(=O)O)c1. The molecule has 0 aliphatic carbocycles.